The molecular weight excluding hydrogens is 230 g/mol. The first-order chi connectivity index (χ1) is 8.78. The fourth-order valence-corrected chi connectivity index (χ4v) is 2.04. The fourth-order valence-electron chi connectivity index (χ4n) is 2.04. The molecule has 0 spiro atoms. The molecule has 1 N–H and O–H groups in total. The molecule has 96 valence electrons. The molecule has 1 fully saturated rings. The molecule has 2 rings (SSSR count). The van der Waals surface area contributed by atoms with Crippen molar-refractivity contribution in [3.63, 3.8) is 0 Å². The Kier molecular flexibility index (Phi) is 4.26. The van der Waals surface area contributed by atoms with Gasteiger partial charge in [-0.15, -0.1) is 0 Å². The van der Waals surface area contributed by atoms with Gasteiger partial charge in [0.05, 0.1) is 6.61 Å². The van der Waals surface area contributed by atoms with Crippen LogP contribution in [-0.2, 0) is 16.0 Å². The van der Waals surface area contributed by atoms with Gasteiger partial charge < -0.3 is 14.8 Å². The number of pyridine rings is 1. The van der Waals surface area contributed by atoms with E-state index in [4.69, 9.17) is 14.7 Å². The Hall–Kier alpha value is -1.48. The lowest BCUT2D eigenvalue weighted by Crippen LogP contribution is -2.42. The van der Waals surface area contributed by atoms with Crippen LogP contribution in [-0.4, -0.2) is 37.5 Å². The SMILES string of the molecule is COC1(CNCc2ccnc(C#N)c2)CCOC1. The maximum atomic E-state index is 8.77. The summed E-state index contributed by atoms with van der Waals surface area (Å²) in [6, 6.07) is 5.72. The summed E-state index contributed by atoms with van der Waals surface area (Å²) >= 11 is 0. The van der Waals surface area contributed by atoms with Crippen LogP contribution in [0.4, 0.5) is 0 Å². The Morgan fingerprint density at radius 2 is 2.56 bits per heavy atom. The predicted molar refractivity (Wildman–Crippen MR) is 65.8 cm³/mol. The second-order valence-electron chi connectivity index (χ2n) is 4.45. The Bertz CT molecular complexity index is 436. The monoisotopic (exact) mass is 247 g/mol. The molecule has 5 heteroatoms. The van der Waals surface area contributed by atoms with Gasteiger partial charge in [-0.05, 0) is 17.7 Å². The second kappa shape index (κ2) is 5.91. The predicted octanol–water partition coefficient (Wildman–Crippen LogP) is 0.848. The van der Waals surface area contributed by atoms with Crippen molar-refractivity contribution < 1.29 is 9.47 Å². The van der Waals surface area contributed by atoms with E-state index < -0.39 is 0 Å². The van der Waals surface area contributed by atoms with Crippen molar-refractivity contribution in [2.75, 3.05) is 26.9 Å². The molecule has 0 bridgehead atoms. The zero-order valence-corrected chi connectivity index (χ0v) is 10.5. The molecule has 18 heavy (non-hydrogen) atoms. The van der Waals surface area contributed by atoms with Crippen LogP contribution in [0, 0.1) is 11.3 Å². The van der Waals surface area contributed by atoms with Gasteiger partial charge in [0.15, 0.2) is 0 Å². The van der Waals surface area contributed by atoms with E-state index in [1.165, 1.54) is 0 Å². The van der Waals surface area contributed by atoms with Crippen LogP contribution in [0.15, 0.2) is 18.3 Å². The molecule has 0 amide bonds. The first kappa shape index (κ1) is 13.0. The maximum Gasteiger partial charge on any atom is 0.140 e. The van der Waals surface area contributed by atoms with Crippen molar-refractivity contribution in [3.8, 4) is 6.07 Å². The van der Waals surface area contributed by atoms with Crippen LogP contribution in [0.2, 0.25) is 0 Å². The lowest BCUT2D eigenvalue weighted by Gasteiger charge is -2.26. The molecule has 1 aromatic rings. The average Bonchev–Trinajstić information content (AvgIpc) is 2.88. The summed E-state index contributed by atoms with van der Waals surface area (Å²) in [5, 5.41) is 12.1. The van der Waals surface area contributed by atoms with E-state index in [0.717, 1.165) is 25.1 Å². The van der Waals surface area contributed by atoms with Gasteiger partial charge in [-0.25, -0.2) is 4.98 Å². The summed E-state index contributed by atoms with van der Waals surface area (Å²) in [7, 11) is 1.72. The van der Waals surface area contributed by atoms with E-state index in [2.05, 4.69) is 10.3 Å². The molecule has 1 aromatic heterocycles. The van der Waals surface area contributed by atoms with Crippen LogP contribution in [0.1, 0.15) is 17.7 Å². The van der Waals surface area contributed by atoms with Crippen molar-refractivity contribution >= 4 is 0 Å². The minimum Gasteiger partial charge on any atom is -0.378 e. The van der Waals surface area contributed by atoms with Crippen molar-refractivity contribution in [1.82, 2.24) is 10.3 Å². The van der Waals surface area contributed by atoms with Crippen molar-refractivity contribution in [2.45, 2.75) is 18.6 Å². The molecule has 2 heterocycles. The molecule has 0 saturated carbocycles. The smallest absolute Gasteiger partial charge is 0.140 e. The molecule has 1 aliphatic rings. The maximum absolute atomic E-state index is 8.77. The van der Waals surface area contributed by atoms with E-state index in [9.17, 15) is 0 Å². The number of hydrogen-bond donors (Lipinski definition) is 1. The number of aromatic nitrogens is 1. The van der Waals surface area contributed by atoms with Gasteiger partial charge in [-0.3, -0.25) is 0 Å². The summed E-state index contributed by atoms with van der Waals surface area (Å²) in [6.07, 6.45) is 2.57. The Morgan fingerprint density at radius 1 is 1.67 bits per heavy atom. The first-order valence-corrected chi connectivity index (χ1v) is 5.97. The van der Waals surface area contributed by atoms with Crippen molar-refractivity contribution in [1.29, 1.82) is 5.26 Å². The van der Waals surface area contributed by atoms with Crippen LogP contribution in [0.25, 0.3) is 0 Å². The Balaban J connectivity index is 1.86. The van der Waals surface area contributed by atoms with Gasteiger partial charge in [0.2, 0.25) is 0 Å². The molecule has 0 aromatic carbocycles. The topological polar surface area (TPSA) is 67.2 Å². The highest BCUT2D eigenvalue weighted by atomic mass is 16.5. The highest BCUT2D eigenvalue weighted by Crippen LogP contribution is 2.21. The third-order valence-corrected chi connectivity index (χ3v) is 3.22. The number of nitriles is 1. The first-order valence-electron chi connectivity index (χ1n) is 5.97. The fraction of sp³-hybridized carbons (Fsp3) is 0.538. The molecular formula is C13H17N3O2. The summed E-state index contributed by atoms with van der Waals surface area (Å²) in [6.45, 7) is 2.83. The third kappa shape index (κ3) is 3.05. The van der Waals surface area contributed by atoms with Crippen LogP contribution in [0.3, 0.4) is 0 Å². The minimum atomic E-state index is -0.203. The minimum absolute atomic E-state index is 0.203. The van der Waals surface area contributed by atoms with Gasteiger partial charge in [0.1, 0.15) is 17.4 Å². The molecule has 5 nitrogen and oxygen atoms in total. The lowest BCUT2D eigenvalue weighted by molar-refractivity contribution is -0.0159. The van der Waals surface area contributed by atoms with Crippen LogP contribution >= 0.6 is 0 Å². The van der Waals surface area contributed by atoms with Gasteiger partial charge in [-0.2, -0.15) is 5.26 Å². The van der Waals surface area contributed by atoms with Crippen LogP contribution in [0.5, 0.6) is 0 Å². The number of rotatable bonds is 5. The lowest BCUT2D eigenvalue weighted by atomic mass is 10.0. The number of nitrogens with one attached hydrogen (secondary N) is 1. The zero-order chi connectivity index (χ0) is 12.8. The quantitative estimate of drug-likeness (QED) is 0.835. The highest BCUT2D eigenvalue weighted by molar-refractivity contribution is 5.25. The van der Waals surface area contributed by atoms with E-state index in [1.807, 2.05) is 12.1 Å². The van der Waals surface area contributed by atoms with Gasteiger partial charge in [-0.1, -0.05) is 0 Å². The highest BCUT2D eigenvalue weighted by Gasteiger charge is 2.34. The van der Waals surface area contributed by atoms with Crippen LogP contribution < -0.4 is 5.32 Å². The second-order valence-corrected chi connectivity index (χ2v) is 4.45. The van der Waals surface area contributed by atoms with E-state index in [1.54, 1.807) is 19.4 Å². The largest absolute Gasteiger partial charge is 0.378 e. The third-order valence-electron chi connectivity index (χ3n) is 3.22. The molecule has 0 radical (unpaired) electrons. The number of ether oxygens (including phenoxy) is 2. The summed E-state index contributed by atoms with van der Waals surface area (Å²) < 4.78 is 10.9. The summed E-state index contributed by atoms with van der Waals surface area (Å²) in [5.41, 5.74) is 1.29. The average molecular weight is 247 g/mol. The molecule has 1 saturated heterocycles. The molecule has 1 unspecified atom stereocenters. The Morgan fingerprint density at radius 3 is 3.22 bits per heavy atom. The van der Waals surface area contributed by atoms with Crippen molar-refractivity contribution in [3.05, 3.63) is 29.6 Å². The van der Waals surface area contributed by atoms with E-state index in [0.29, 0.717) is 18.8 Å². The normalized spacial score (nSPS) is 22.9. The number of methoxy groups -OCH3 is 1. The standard InChI is InChI=1S/C13H17N3O2/c1-17-13(3-5-18-10-13)9-15-8-11-2-4-16-12(6-11)7-14/h2,4,6,15H,3,5,8-10H2,1H3. The molecule has 1 aliphatic heterocycles. The van der Waals surface area contributed by atoms with E-state index >= 15 is 0 Å². The molecule has 0 aliphatic carbocycles. The van der Waals surface area contributed by atoms with Gasteiger partial charge in [0.25, 0.3) is 0 Å². The Labute approximate surface area is 107 Å². The summed E-state index contributed by atoms with van der Waals surface area (Å²) in [5.74, 6) is 0. The number of hydrogen-bond acceptors (Lipinski definition) is 5. The van der Waals surface area contributed by atoms with Gasteiger partial charge in [0, 0.05) is 39.4 Å². The van der Waals surface area contributed by atoms with Gasteiger partial charge >= 0.3 is 0 Å². The summed E-state index contributed by atoms with van der Waals surface area (Å²) in [4.78, 5) is 3.94. The number of nitrogens with zero attached hydrogens (tertiary/aromatic N) is 2. The van der Waals surface area contributed by atoms with E-state index in [-0.39, 0.29) is 5.60 Å². The zero-order valence-electron chi connectivity index (χ0n) is 10.5. The van der Waals surface area contributed by atoms with Crippen molar-refractivity contribution in [2.24, 2.45) is 0 Å². The molecule has 1 atom stereocenters.